The molecule has 0 spiro atoms. The number of halogens is 2. The molecule has 0 bridgehead atoms. The van der Waals surface area contributed by atoms with Crippen LogP contribution in [0.15, 0.2) is 35.2 Å². The van der Waals surface area contributed by atoms with Crippen molar-refractivity contribution in [2.75, 3.05) is 6.54 Å². The summed E-state index contributed by atoms with van der Waals surface area (Å²) >= 11 is 1.54. The van der Waals surface area contributed by atoms with Crippen molar-refractivity contribution in [3.63, 3.8) is 0 Å². The number of carbonyl (C=O) groups excluding carboxylic acids is 1. The van der Waals surface area contributed by atoms with E-state index in [1.165, 1.54) is 12.8 Å². The number of carbonyl (C=O) groups is 1. The van der Waals surface area contributed by atoms with Gasteiger partial charge in [-0.2, -0.15) is 0 Å². The Balaban J connectivity index is 0.00000121. The second kappa shape index (κ2) is 8.48. The minimum atomic E-state index is -0.0711. The molecule has 1 fully saturated rings. The quantitative estimate of drug-likeness (QED) is 0.861. The van der Waals surface area contributed by atoms with E-state index in [1.807, 2.05) is 29.6 Å². The summed E-state index contributed by atoms with van der Waals surface area (Å²) in [6.45, 7) is 0.546. The van der Waals surface area contributed by atoms with E-state index in [0.717, 1.165) is 11.3 Å². The Morgan fingerprint density at radius 2 is 2.18 bits per heavy atom. The second-order valence-electron chi connectivity index (χ2n) is 5.17. The predicted molar refractivity (Wildman–Crippen MR) is 95.1 cm³/mol. The van der Waals surface area contributed by atoms with Crippen LogP contribution in [0, 0.1) is 5.92 Å². The fourth-order valence-electron chi connectivity index (χ4n) is 2.18. The van der Waals surface area contributed by atoms with Crippen molar-refractivity contribution in [3.8, 4) is 11.3 Å². The van der Waals surface area contributed by atoms with E-state index in [9.17, 15) is 4.79 Å². The summed E-state index contributed by atoms with van der Waals surface area (Å²) in [6.07, 6.45) is 2.38. The van der Waals surface area contributed by atoms with Crippen LogP contribution in [0.25, 0.3) is 11.3 Å². The molecule has 120 valence electrons. The van der Waals surface area contributed by atoms with E-state index in [2.05, 4.69) is 10.3 Å². The zero-order valence-corrected chi connectivity index (χ0v) is 14.3. The van der Waals surface area contributed by atoms with Gasteiger partial charge in [-0.25, -0.2) is 4.98 Å². The van der Waals surface area contributed by atoms with Gasteiger partial charge < -0.3 is 11.1 Å². The zero-order valence-electron chi connectivity index (χ0n) is 11.9. The molecule has 3 rings (SSSR count). The molecule has 1 heterocycles. The maximum Gasteiger partial charge on any atom is 0.251 e. The van der Waals surface area contributed by atoms with Gasteiger partial charge in [0.15, 0.2) is 0 Å². The van der Waals surface area contributed by atoms with Crippen LogP contribution in [-0.2, 0) is 0 Å². The number of benzene rings is 1. The Morgan fingerprint density at radius 1 is 1.41 bits per heavy atom. The topological polar surface area (TPSA) is 68.0 Å². The molecular weight excluding hydrogens is 341 g/mol. The lowest BCUT2D eigenvalue weighted by molar-refractivity contribution is 0.0950. The molecular formula is C15H19Cl2N3OS. The van der Waals surface area contributed by atoms with E-state index in [4.69, 9.17) is 5.73 Å². The first-order chi connectivity index (χ1) is 9.74. The van der Waals surface area contributed by atoms with Crippen LogP contribution in [-0.4, -0.2) is 23.5 Å². The average Bonchev–Trinajstić information content (AvgIpc) is 3.19. The van der Waals surface area contributed by atoms with Gasteiger partial charge in [0.1, 0.15) is 0 Å². The maximum atomic E-state index is 12.1. The van der Waals surface area contributed by atoms with Gasteiger partial charge in [-0.1, -0.05) is 12.1 Å². The standard InChI is InChI=1S/C15H17N3OS.2ClH/c16-13(10-4-5-10)7-17-15(19)12-3-1-2-11(6-12)14-8-20-9-18-14;;/h1-3,6,8-10,13H,4-5,7,16H2,(H,17,19);2*1H. The number of thiazole rings is 1. The van der Waals surface area contributed by atoms with Crippen LogP contribution in [0.1, 0.15) is 23.2 Å². The van der Waals surface area contributed by atoms with E-state index >= 15 is 0 Å². The van der Waals surface area contributed by atoms with Crippen molar-refractivity contribution >= 4 is 42.1 Å². The highest BCUT2D eigenvalue weighted by atomic mass is 35.5. The van der Waals surface area contributed by atoms with Crippen LogP contribution in [0.4, 0.5) is 0 Å². The molecule has 7 heteroatoms. The lowest BCUT2D eigenvalue weighted by atomic mass is 10.1. The van der Waals surface area contributed by atoms with Gasteiger partial charge in [0, 0.05) is 29.1 Å². The molecule has 1 unspecified atom stereocenters. The number of amides is 1. The first-order valence-electron chi connectivity index (χ1n) is 6.76. The minimum absolute atomic E-state index is 0. The van der Waals surface area contributed by atoms with Crippen molar-refractivity contribution in [2.24, 2.45) is 11.7 Å². The summed E-state index contributed by atoms with van der Waals surface area (Å²) in [6, 6.07) is 7.60. The van der Waals surface area contributed by atoms with Gasteiger partial charge in [0.05, 0.1) is 11.2 Å². The average molecular weight is 360 g/mol. The van der Waals surface area contributed by atoms with E-state index in [1.54, 1.807) is 16.8 Å². The molecule has 22 heavy (non-hydrogen) atoms. The maximum absolute atomic E-state index is 12.1. The summed E-state index contributed by atoms with van der Waals surface area (Å²) in [5, 5.41) is 4.88. The molecule has 1 aliphatic carbocycles. The molecule has 0 saturated heterocycles. The van der Waals surface area contributed by atoms with Gasteiger partial charge in [0.25, 0.3) is 5.91 Å². The second-order valence-corrected chi connectivity index (χ2v) is 5.88. The molecule has 1 aromatic carbocycles. The smallest absolute Gasteiger partial charge is 0.251 e. The van der Waals surface area contributed by atoms with Gasteiger partial charge in [-0.3, -0.25) is 4.79 Å². The number of nitrogens with zero attached hydrogens (tertiary/aromatic N) is 1. The number of nitrogens with two attached hydrogens (primary N) is 1. The number of aromatic nitrogens is 1. The molecule has 1 amide bonds. The molecule has 1 aromatic heterocycles. The Hall–Kier alpha value is -1.14. The van der Waals surface area contributed by atoms with Crippen LogP contribution in [0.2, 0.25) is 0 Å². The van der Waals surface area contributed by atoms with Crippen molar-refractivity contribution in [2.45, 2.75) is 18.9 Å². The lowest BCUT2D eigenvalue weighted by Gasteiger charge is -2.11. The fourth-order valence-corrected chi connectivity index (χ4v) is 2.74. The van der Waals surface area contributed by atoms with Gasteiger partial charge in [0.2, 0.25) is 0 Å². The molecule has 4 nitrogen and oxygen atoms in total. The highest BCUT2D eigenvalue weighted by Gasteiger charge is 2.28. The van der Waals surface area contributed by atoms with Crippen LogP contribution in [0.3, 0.4) is 0 Å². The first-order valence-corrected chi connectivity index (χ1v) is 7.71. The van der Waals surface area contributed by atoms with Crippen molar-refractivity contribution in [1.82, 2.24) is 10.3 Å². The molecule has 1 aliphatic rings. The van der Waals surface area contributed by atoms with Crippen molar-refractivity contribution < 1.29 is 4.79 Å². The predicted octanol–water partition coefficient (Wildman–Crippen LogP) is 3.12. The normalized spacial score (nSPS) is 14.4. The highest BCUT2D eigenvalue weighted by molar-refractivity contribution is 7.07. The lowest BCUT2D eigenvalue weighted by Crippen LogP contribution is -2.38. The van der Waals surface area contributed by atoms with Gasteiger partial charge in [-0.05, 0) is 30.9 Å². The summed E-state index contributed by atoms with van der Waals surface area (Å²) in [7, 11) is 0. The third-order valence-corrected chi connectivity index (χ3v) is 4.17. The summed E-state index contributed by atoms with van der Waals surface area (Å²) in [5.74, 6) is 0.523. The summed E-state index contributed by atoms with van der Waals surface area (Å²) < 4.78 is 0. The third-order valence-electron chi connectivity index (χ3n) is 3.58. The van der Waals surface area contributed by atoms with E-state index in [-0.39, 0.29) is 36.8 Å². The van der Waals surface area contributed by atoms with Crippen LogP contribution >= 0.6 is 36.2 Å². The largest absolute Gasteiger partial charge is 0.350 e. The van der Waals surface area contributed by atoms with Crippen molar-refractivity contribution in [3.05, 3.63) is 40.7 Å². The fraction of sp³-hybridized carbons (Fsp3) is 0.333. The summed E-state index contributed by atoms with van der Waals surface area (Å²) in [5.41, 5.74) is 10.3. The summed E-state index contributed by atoms with van der Waals surface area (Å²) in [4.78, 5) is 16.4. The van der Waals surface area contributed by atoms with Gasteiger partial charge in [-0.15, -0.1) is 36.2 Å². The number of hydrogen-bond acceptors (Lipinski definition) is 4. The number of nitrogens with one attached hydrogen (secondary N) is 1. The van der Waals surface area contributed by atoms with Crippen molar-refractivity contribution in [1.29, 1.82) is 0 Å². The molecule has 0 aliphatic heterocycles. The van der Waals surface area contributed by atoms with Gasteiger partial charge >= 0.3 is 0 Å². The molecule has 0 radical (unpaired) electrons. The zero-order chi connectivity index (χ0) is 13.9. The Bertz CT molecular complexity index is 603. The Morgan fingerprint density at radius 3 is 2.82 bits per heavy atom. The molecule has 2 aromatic rings. The van der Waals surface area contributed by atoms with Crippen LogP contribution < -0.4 is 11.1 Å². The monoisotopic (exact) mass is 359 g/mol. The van der Waals surface area contributed by atoms with E-state index < -0.39 is 0 Å². The Labute approximate surface area is 146 Å². The molecule has 1 atom stereocenters. The number of rotatable bonds is 5. The third kappa shape index (κ3) is 4.68. The van der Waals surface area contributed by atoms with E-state index in [0.29, 0.717) is 18.0 Å². The first kappa shape index (κ1) is 18.9. The number of hydrogen-bond donors (Lipinski definition) is 2. The Kier molecular flexibility index (Phi) is 7.29. The SMILES string of the molecule is Cl.Cl.NC(CNC(=O)c1cccc(-c2cscn2)c1)C1CC1. The minimum Gasteiger partial charge on any atom is -0.350 e. The molecule has 3 N–H and O–H groups in total. The van der Waals surface area contributed by atoms with Crippen LogP contribution in [0.5, 0.6) is 0 Å². The molecule has 1 saturated carbocycles. The highest BCUT2D eigenvalue weighted by Crippen LogP contribution is 2.31.